The quantitative estimate of drug-likeness (QED) is 0.676. The van der Waals surface area contributed by atoms with Gasteiger partial charge in [-0.3, -0.25) is 9.10 Å². The lowest BCUT2D eigenvalue weighted by Crippen LogP contribution is -2.44. The fraction of sp³-hybridized carbons (Fsp3) is 0.350. The molecular weight excluding hydrogens is 424 g/mol. The van der Waals surface area contributed by atoms with Crippen molar-refractivity contribution in [2.24, 2.45) is 0 Å². The normalized spacial score (nSPS) is 17.8. The molecule has 10 heteroatoms. The number of carbonyl (C=O) groups excluding carboxylic acids is 1. The first kappa shape index (κ1) is 22.3. The van der Waals surface area contributed by atoms with Crippen molar-refractivity contribution in [1.29, 1.82) is 4.78 Å². The van der Waals surface area contributed by atoms with E-state index in [0.717, 1.165) is 12.8 Å². The second-order valence-corrected chi connectivity index (χ2v) is 11.2. The number of sulfonamides is 1. The van der Waals surface area contributed by atoms with Gasteiger partial charge in [-0.1, -0.05) is 18.2 Å². The zero-order valence-electron chi connectivity index (χ0n) is 16.9. The topological polar surface area (TPSA) is 111 Å². The first-order chi connectivity index (χ1) is 14.1. The van der Waals surface area contributed by atoms with Crippen molar-refractivity contribution in [2.75, 3.05) is 29.0 Å². The Kier molecular flexibility index (Phi) is 6.49. The van der Waals surface area contributed by atoms with Crippen molar-refractivity contribution in [3.63, 3.8) is 0 Å². The van der Waals surface area contributed by atoms with Crippen molar-refractivity contribution in [3.05, 3.63) is 54.6 Å². The van der Waals surface area contributed by atoms with E-state index in [1.165, 1.54) is 39.1 Å². The van der Waals surface area contributed by atoms with Crippen LogP contribution >= 0.6 is 0 Å². The number of nitrogens with zero attached hydrogens (tertiary/aromatic N) is 2. The molecule has 0 bridgehead atoms. The number of nitrogens with one attached hydrogen (secondary N) is 2. The maximum Gasteiger partial charge on any atom is 0.247 e. The van der Waals surface area contributed by atoms with Crippen LogP contribution in [-0.2, 0) is 24.7 Å². The predicted molar refractivity (Wildman–Crippen MR) is 118 cm³/mol. The minimum Gasteiger partial charge on any atom is -0.324 e. The maximum atomic E-state index is 12.8. The molecule has 0 saturated carbocycles. The summed E-state index contributed by atoms with van der Waals surface area (Å²) >= 11 is 0. The first-order valence-corrected chi connectivity index (χ1v) is 13.0. The Morgan fingerprint density at radius 2 is 1.60 bits per heavy atom. The summed E-state index contributed by atoms with van der Waals surface area (Å²) in [5.74, 6) is -0.448. The average Bonchev–Trinajstić information content (AvgIpc) is 3.24. The number of carbonyl (C=O) groups is 1. The smallest absolute Gasteiger partial charge is 0.247 e. The highest BCUT2D eigenvalue weighted by Gasteiger charge is 2.28. The van der Waals surface area contributed by atoms with Crippen LogP contribution in [0.15, 0.2) is 59.5 Å². The monoisotopic (exact) mass is 450 g/mol. The molecule has 3 rings (SSSR count). The molecule has 1 aliphatic heterocycles. The zero-order chi connectivity index (χ0) is 21.9. The lowest BCUT2D eigenvalue weighted by molar-refractivity contribution is -0.116. The fourth-order valence-corrected chi connectivity index (χ4v) is 6.18. The molecule has 1 heterocycles. The van der Waals surface area contributed by atoms with E-state index in [4.69, 9.17) is 4.78 Å². The van der Waals surface area contributed by atoms with E-state index in [2.05, 4.69) is 5.32 Å². The van der Waals surface area contributed by atoms with Crippen molar-refractivity contribution in [1.82, 2.24) is 4.31 Å². The number of hydrogen-bond acceptors (Lipinski definition) is 5. The van der Waals surface area contributed by atoms with E-state index < -0.39 is 31.9 Å². The van der Waals surface area contributed by atoms with E-state index in [-0.39, 0.29) is 4.90 Å². The zero-order valence-corrected chi connectivity index (χ0v) is 18.6. The predicted octanol–water partition coefficient (Wildman–Crippen LogP) is 2.90. The van der Waals surface area contributed by atoms with Crippen LogP contribution in [0, 0.1) is 4.78 Å². The standard InChI is InChI=1S/C20H26N4O4S2/c1-16(24(29(2,21)26)18-8-4-3-5-9-18)20(25)22-17-10-12-19(13-11-17)30(27,28)23-14-6-7-15-23/h3-5,8-13,16,21H,6-7,14-15H2,1-2H3,(H,22,25). The number of para-hydroxylation sites is 1. The lowest BCUT2D eigenvalue weighted by atomic mass is 10.2. The van der Waals surface area contributed by atoms with Gasteiger partial charge in [0.05, 0.1) is 10.6 Å². The average molecular weight is 451 g/mol. The highest BCUT2D eigenvalue weighted by Crippen LogP contribution is 2.24. The van der Waals surface area contributed by atoms with Crippen LogP contribution in [0.4, 0.5) is 11.4 Å². The Morgan fingerprint density at radius 1 is 1.03 bits per heavy atom. The summed E-state index contributed by atoms with van der Waals surface area (Å²) in [5.41, 5.74) is 0.933. The Morgan fingerprint density at radius 3 is 2.13 bits per heavy atom. The van der Waals surface area contributed by atoms with Crippen molar-refractivity contribution < 1.29 is 17.4 Å². The molecule has 0 aliphatic carbocycles. The summed E-state index contributed by atoms with van der Waals surface area (Å²) < 4.78 is 48.5. The van der Waals surface area contributed by atoms with Gasteiger partial charge in [0, 0.05) is 25.0 Å². The Balaban J connectivity index is 1.76. The molecule has 30 heavy (non-hydrogen) atoms. The third-order valence-corrected chi connectivity index (χ3v) is 8.13. The van der Waals surface area contributed by atoms with Gasteiger partial charge in [0.1, 0.15) is 16.0 Å². The van der Waals surface area contributed by atoms with E-state index in [1.54, 1.807) is 37.3 Å². The van der Waals surface area contributed by atoms with Crippen LogP contribution in [0.25, 0.3) is 0 Å². The second kappa shape index (κ2) is 8.75. The molecule has 0 radical (unpaired) electrons. The Hall–Kier alpha value is -2.43. The molecule has 2 aromatic carbocycles. The molecular formula is C20H26N4O4S2. The van der Waals surface area contributed by atoms with Crippen molar-refractivity contribution in [2.45, 2.75) is 30.7 Å². The highest BCUT2D eigenvalue weighted by molar-refractivity contribution is 7.93. The van der Waals surface area contributed by atoms with Gasteiger partial charge in [0.2, 0.25) is 15.9 Å². The molecule has 1 saturated heterocycles. The van der Waals surface area contributed by atoms with Crippen LogP contribution in [-0.4, -0.2) is 48.2 Å². The molecule has 2 unspecified atom stereocenters. The molecule has 8 nitrogen and oxygen atoms in total. The summed E-state index contributed by atoms with van der Waals surface area (Å²) in [6.45, 7) is 2.63. The van der Waals surface area contributed by atoms with E-state index in [9.17, 15) is 17.4 Å². The molecule has 1 amide bonds. The highest BCUT2D eigenvalue weighted by atomic mass is 32.2. The lowest BCUT2D eigenvalue weighted by Gasteiger charge is -2.30. The van der Waals surface area contributed by atoms with Crippen LogP contribution in [0.1, 0.15) is 19.8 Å². The van der Waals surface area contributed by atoms with Crippen LogP contribution < -0.4 is 9.62 Å². The molecule has 2 aromatic rings. The summed E-state index contributed by atoms with van der Waals surface area (Å²) in [6.07, 6.45) is 2.99. The maximum absolute atomic E-state index is 12.8. The molecule has 0 aromatic heterocycles. The van der Waals surface area contributed by atoms with Gasteiger partial charge in [0.15, 0.2) is 0 Å². The number of hydrogen-bond donors (Lipinski definition) is 2. The van der Waals surface area contributed by atoms with E-state index in [1.807, 2.05) is 0 Å². The Bertz CT molecular complexity index is 1100. The van der Waals surface area contributed by atoms with Crippen molar-refractivity contribution in [3.8, 4) is 0 Å². The molecule has 0 spiro atoms. The minimum atomic E-state index is -3.52. The summed E-state index contributed by atoms with van der Waals surface area (Å²) in [4.78, 5) is 13.0. The van der Waals surface area contributed by atoms with Gasteiger partial charge >= 0.3 is 0 Å². The fourth-order valence-electron chi connectivity index (χ4n) is 3.44. The van der Waals surface area contributed by atoms with Crippen molar-refractivity contribution >= 4 is 37.2 Å². The number of rotatable bonds is 7. The molecule has 1 aliphatic rings. The largest absolute Gasteiger partial charge is 0.324 e. The van der Waals surface area contributed by atoms with Crippen LogP contribution in [0.5, 0.6) is 0 Å². The summed E-state index contributed by atoms with van der Waals surface area (Å²) in [7, 11) is -6.72. The number of anilines is 2. The molecule has 162 valence electrons. The van der Waals surface area contributed by atoms with E-state index >= 15 is 0 Å². The number of amides is 1. The van der Waals surface area contributed by atoms with Gasteiger partial charge in [-0.25, -0.2) is 17.4 Å². The van der Waals surface area contributed by atoms with Crippen LogP contribution in [0.2, 0.25) is 0 Å². The minimum absolute atomic E-state index is 0.184. The molecule has 2 N–H and O–H groups in total. The first-order valence-electron chi connectivity index (χ1n) is 9.60. The van der Waals surface area contributed by atoms with Gasteiger partial charge in [0.25, 0.3) is 0 Å². The van der Waals surface area contributed by atoms with Crippen LogP contribution in [0.3, 0.4) is 0 Å². The second-order valence-electron chi connectivity index (χ2n) is 7.26. The van der Waals surface area contributed by atoms with Gasteiger partial charge in [-0.2, -0.15) is 4.31 Å². The van der Waals surface area contributed by atoms with Gasteiger partial charge in [-0.15, -0.1) is 0 Å². The molecule has 2 atom stereocenters. The van der Waals surface area contributed by atoms with E-state index in [0.29, 0.717) is 24.5 Å². The third kappa shape index (κ3) is 4.82. The number of benzene rings is 2. The SMILES string of the molecule is CC(C(=O)Nc1ccc(S(=O)(=O)N2CCCC2)cc1)N(c1ccccc1)S(C)(=N)=O. The summed E-state index contributed by atoms with van der Waals surface area (Å²) in [6, 6.07) is 13.8. The Labute approximate surface area is 178 Å². The third-order valence-electron chi connectivity index (χ3n) is 4.94. The van der Waals surface area contributed by atoms with Gasteiger partial charge in [-0.05, 0) is 56.2 Å². The molecule has 1 fully saturated rings. The summed E-state index contributed by atoms with van der Waals surface area (Å²) in [5, 5.41) is 2.71. The van der Waals surface area contributed by atoms with Gasteiger partial charge < -0.3 is 5.32 Å².